The van der Waals surface area contributed by atoms with Crippen LogP contribution in [0.25, 0.3) is 0 Å². The number of carbonyl (C=O) groups is 1. The van der Waals surface area contributed by atoms with Crippen molar-refractivity contribution in [2.75, 3.05) is 10.6 Å². The zero-order valence-corrected chi connectivity index (χ0v) is 10.9. The fourth-order valence-electron chi connectivity index (χ4n) is 1.82. The Morgan fingerprint density at radius 1 is 1.05 bits per heavy atom. The Hall–Kier alpha value is -2.49. The number of phenols is 1. The quantitative estimate of drug-likeness (QED) is 0.768. The number of anilines is 2. The molecule has 3 N–H and O–H groups in total. The molecule has 0 spiro atoms. The summed E-state index contributed by atoms with van der Waals surface area (Å²) in [6.45, 7) is 3.94. The second-order valence-corrected chi connectivity index (χ2v) is 4.45. The molecular weight excluding hydrogens is 240 g/mol. The zero-order chi connectivity index (χ0) is 13.8. The van der Waals surface area contributed by atoms with E-state index in [1.165, 1.54) is 6.07 Å². The Labute approximate surface area is 112 Å². The van der Waals surface area contributed by atoms with Gasteiger partial charge >= 0.3 is 6.03 Å². The molecule has 0 aliphatic heterocycles. The normalized spacial score (nSPS) is 10.0. The summed E-state index contributed by atoms with van der Waals surface area (Å²) in [6, 6.07) is 11.9. The standard InChI is InChI=1S/C15H16N2O2/c1-10-6-7-14(11(2)8-10)17-15(19)16-12-4-3-5-13(18)9-12/h3-9,18H,1-2H3,(H2,16,17,19). The number of amides is 2. The van der Waals surface area contributed by atoms with Crippen LogP contribution in [0.5, 0.6) is 5.75 Å². The minimum absolute atomic E-state index is 0.115. The van der Waals surface area contributed by atoms with Crippen LogP contribution in [0.2, 0.25) is 0 Å². The minimum Gasteiger partial charge on any atom is -0.508 e. The molecule has 0 bridgehead atoms. The number of hydrogen-bond acceptors (Lipinski definition) is 2. The van der Waals surface area contributed by atoms with Gasteiger partial charge in [-0.05, 0) is 37.6 Å². The molecule has 4 nitrogen and oxygen atoms in total. The highest BCUT2D eigenvalue weighted by atomic mass is 16.3. The number of rotatable bonds is 2. The van der Waals surface area contributed by atoms with Gasteiger partial charge in [-0.3, -0.25) is 0 Å². The molecule has 0 fully saturated rings. The number of urea groups is 1. The molecule has 98 valence electrons. The van der Waals surface area contributed by atoms with Crippen LogP contribution in [0.3, 0.4) is 0 Å². The fraction of sp³-hybridized carbons (Fsp3) is 0.133. The lowest BCUT2D eigenvalue weighted by atomic mass is 10.1. The van der Waals surface area contributed by atoms with Crippen molar-refractivity contribution < 1.29 is 9.90 Å². The van der Waals surface area contributed by atoms with Crippen molar-refractivity contribution in [2.45, 2.75) is 13.8 Å². The molecule has 0 saturated heterocycles. The van der Waals surface area contributed by atoms with Gasteiger partial charge in [-0.25, -0.2) is 4.79 Å². The average Bonchev–Trinajstić information content (AvgIpc) is 2.33. The van der Waals surface area contributed by atoms with Gasteiger partial charge in [0.25, 0.3) is 0 Å². The number of aryl methyl sites for hydroxylation is 2. The lowest BCUT2D eigenvalue weighted by molar-refractivity contribution is 0.262. The highest BCUT2D eigenvalue weighted by Gasteiger charge is 2.05. The molecule has 0 unspecified atom stereocenters. The van der Waals surface area contributed by atoms with Crippen molar-refractivity contribution in [3.05, 3.63) is 53.6 Å². The molecular formula is C15H16N2O2. The number of nitrogens with one attached hydrogen (secondary N) is 2. The molecule has 0 aromatic heterocycles. The van der Waals surface area contributed by atoms with Gasteiger partial charge in [0.05, 0.1) is 0 Å². The molecule has 0 aliphatic carbocycles. The smallest absolute Gasteiger partial charge is 0.323 e. The van der Waals surface area contributed by atoms with E-state index in [1.54, 1.807) is 18.2 Å². The highest BCUT2D eigenvalue weighted by Crippen LogP contribution is 2.18. The maximum absolute atomic E-state index is 11.8. The lowest BCUT2D eigenvalue weighted by Crippen LogP contribution is -2.19. The third kappa shape index (κ3) is 3.48. The van der Waals surface area contributed by atoms with E-state index in [9.17, 15) is 9.90 Å². The van der Waals surface area contributed by atoms with Crippen LogP contribution in [0.15, 0.2) is 42.5 Å². The van der Waals surface area contributed by atoms with E-state index in [0.717, 1.165) is 16.8 Å². The van der Waals surface area contributed by atoms with Crippen LogP contribution in [-0.2, 0) is 0 Å². The largest absolute Gasteiger partial charge is 0.508 e. The minimum atomic E-state index is -0.336. The first-order valence-corrected chi connectivity index (χ1v) is 5.99. The summed E-state index contributed by atoms with van der Waals surface area (Å²) in [5.41, 5.74) is 3.47. The molecule has 2 aromatic rings. The van der Waals surface area contributed by atoms with Crippen molar-refractivity contribution in [1.82, 2.24) is 0 Å². The van der Waals surface area contributed by atoms with Gasteiger partial charge in [0.15, 0.2) is 0 Å². The first kappa shape index (κ1) is 13.0. The fourth-order valence-corrected chi connectivity index (χ4v) is 1.82. The Morgan fingerprint density at radius 3 is 2.53 bits per heavy atom. The van der Waals surface area contributed by atoms with Crippen LogP contribution in [0.4, 0.5) is 16.2 Å². The van der Waals surface area contributed by atoms with E-state index in [2.05, 4.69) is 10.6 Å². The third-order valence-corrected chi connectivity index (χ3v) is 2.73. The van der Waals surface area contributed by atoms with E-state index in [1.807, 2.05) is 32.0 Å². The number of benzene rings is 2. The van der Waals surface area contributed by atoms with E-state index < -0.39 is 0 Å². The Balaban J connectivity index is 2.05. The van der Waals surface area contributed by atoms with E-state index in [0.29, 0.717) is 5.69 Å². The Morgan fingerprint density at radius 2 is 1.84 bits per heavy atom. The van der Waals surface area contributed by atoms with Crippen molar-refractivity contribution in [1.29, 1.82) is 0 Å². The molecule has 2 rings (SSSR count). The molecule has 4 heteroatoms. The van der Waals surface area contributed by atoms with Crippen LogP contribution in [-0.4, -0.2) is 11.1 Å². The second-order valence-electron chi connectivity index (χ2n) is 4.45. The molecule has 2 amide bonds. The van der Waals surface area contributed by atoms with E-state index in [4.69, 9.17) is 0 Å². The van der Waals surface area contributed by atoms with Crippen molar-refractivity contribution >= 4 is 17.4 Å². The Kier molecular flexibility index (Phi) is 3.71. The van der Waals surface area contributed by atoms with Gasteiger partial charge in [-0.1, -0.05) is 23.8 Å². The number of carbonyl (C=O) groups excluding carboxylic acids is 1. The average molecular weight is 256 g/mol. The second kappa shape index (κ2) is 5.44. The van der Waals surface area contributed by atoms with Crippen LogP contribution in [0, 0.1) is 13.8 Å². The first-order valence-electron chi connectivity index (χ1n) is 5.99. The summed E-state index contributed by atoms with van der Waals surface area (Å²) in [7, 11) is 0. The van der Waals surface area contributed by atoms with Crippen LogP contribution >= 0.6 is 0 Å². The van der Waals surface area contributed by atoms with Crippen molar-refractivity contribution in [3.63, 3.8) is 0 Å². The van der Waals surface area contributed by atoms with Crippen molar-refractivity contribution in [3.8, 4) is 5.75 Å². The predicted molar refractivity (Wildman–Crippen MR) is 76.7 cm³/mol. The highest BCUT2D eigenvalue weighted by molar-refractivity contribution is 6.00. The molecule has 0 heterocycles. The molecule has 19 heavy (non-hydrogen) atoms. The lowest BCUT2D eigenvalue weighted by Gasteiger charge is -2.10. The van der Waals surface area contributed by atoms with Gasteiger partial charge in [-0.2, -0.15) is 0 Å². The number of hydrogen-bond donors (Lipinski definition) is 3. The van der Waals surface area contributed by atoms with Crippen LogP contribution in [0.1, 0.15) is 11.1 Å². The summed E-state index contributed by atoms with van der Waals surface area (Å²) in [4.78, 5) is 11.8. The van der Waals surface area contributed by atoms with Gasteiger partial charge in [-0.15, -0.1) is 0 Å². The summed E-state index contributed by atoms with van der Waals surface area (Å²) in [6.07, 6.45) is 0. The molecule has 0 aliphatic rings. The summed E-state index contributed by atoms with van der Waals surface area (Å²) >= 11 is 0. The maximum atomic E-state index is 11.8. The third-order valence-electron chi connectivity index (χ3n) is 2.73. The first-order chi connectivity index (χ1) is 9.04. The Bertz CT molecular complexity index is 609. The monoisotopic (exact) mass is 256 g/mol. The summed E-state index contributed by atoms with van der Waals surface area (Å²) in [5, 5.41) is 14.8. The topological polar surface area (TPSA) is 61.4 Å². The molecule has 0 saturated carbocycles. The molecule has 0 atom stereocenters. The predicted octanol–water partition coefficient (Wildman–Crippen LogP) is 3.65. The number of aromatic hydroxyl groups is 1. The van der Waals surface area contributed by atoms with E-state index >= 15 is 0 Å². The van der Waals surface area contributed by atoms with Gasteiger partial charge in [0.2, 0.25) is 0 Å². The van der Waals surface area contributed by atoms with Gasteiger partial charge < -0.3 is 15.7 Å². The van der Waals surface area contributed by atoms with Gasteiger partial charge in [0, 0.05) is 17.4 Å². The zero-order valence-electron chi connectivity index (χ0n) is 10.9. The molecule has 2 aromatic carbocycles. The summed E-state index contributed by atoms with van der Waals surface area (Å²) < 4.78 is 0. The van der Waals surface area contributed by atoms with E-state index in [-0.39, 0.29) is 11.8 Å². The van der Waals surface area contributed by atoms with Gasteiger partial charge in [0.1, 0.15) is 5.75 Å². The molecule has 0 radical (unpaired) electrons. The number of phenolic OH excluding ortho intramolecular Hbond substituents is 1. The maximum Gasteiger partial charge on any atom is 0.323 e. The summed E-state index contributed by atoms with van der Waals surface area (Å²) in [5.74, 6) is 0.115. The van der Waals surface area contributed by atoms with Crippen LogP contribution < -0.4 is 10.6 Å². The van der Waals surface area contributed by atoms with Crippen molar-refractivity contribution in [2.24, 2.45) is 0 Å². The SMILES string of the molecule is Cc1ccc(NC(=O)Nc2cccc(O)c2)c(C)c1.